The standard InChI is InChI=1S/C27H23FN4O3S/c1-35-19-13-11-18(12-14-19)23-15-22(17-7-3-2-4-8-17)31-32(23)27-30-26(34)24(36-27)16-25(33)29-21-10-6-5-9-20(21)28/h2-14,23-24H,15-16H2,1H3,(H,29,33). The van der Waals surface area contributed by atoms with Crippen molar-refractivity contribution in [2.24, 2.45) is 10.1 Å². The highest BCUT2D eigenvalue weighted by Gasteiger charge is 2.39. The number of aliphatic imine (C=N–C) groups is 1. The minimum Gasteiger partial charge on any atom is -0.497 e. The van der Waals surface area contributed by atoms with Crippen LogP contribution in [0.3, 0.4) is 0 Å². The van der Waals surface area contributed by atoms with Gasteiger partial charge in [0.25, 0.3) is 5.91 Å². The van der Waals surface area contributed by atoms with Crippen molar-refractivity contribution in [3.63, 3.8) is 0 Å². The van der Waals surface area contributed by atoms with Gasteiger partial charge in [-0.3, -0.25) is 9.59 Å². The summed E-state index contributed by atoms with van der Waals surface area (Å²) >= 11 is 1.20. The molecule has 0 fully saturated rings. The Hall–Kier alpha value is -3.98. The molecule has 5 rings (SSSR count). The zero-order chi connectivity index (χ0) is 25.1. The van der Waals surface area contributed by atoms with E-state index in [2.05, 4.69) is 10.3 Å². The van der Waals surface area contributed by atoms with Crippen LogP contribution in [0.2, 0.25) is 0 Å². The molecule has 0 bridgehead atoms. The first-order valence-corrected chi connectivity index (χ1v) is 12.3. The number of anilines is 1. The van der Waals surface area contributed by atoms with Crippen LogP contribution in [0.15, 0.2) is 89.0 Å². The van der Waals surface area contributed by atoms with Crippen molar-refractivity contribution in [1.82, 2.24) is 5.01 Å². The van der Waals surface area contributed by atoms with Gasteiger partial charge in [0.05, 0.1) is 24.6 Å². The Balaban J connectivity index is 1.35. The second-order valence-corrected chi connectivity index (χ2v) is 9.49. The number of ether oxygens (including phenoxy) is 1. The molecule has 1 N–H and O–H groups in total. The number of rotatable bonds is 6. The number of nitrogens with zero attached hydrogens (tertiary/aromatic N) is 3. The maximum Gasteiger partial charge on any atom is 0.262 e. The molecule has 0 radical (unpaired) electrons. The predicted molar refractivity (Wildman–Crippen MR) is 139 cm³/mol. The van der Waals surface area contributed by atoms with E-state index in [1.54, 1.807) is 24.3 Å². The van der Waals surface area contributed by atoms with Gasteiger partial charge in [-0.25, -0.2) is 9.40 Å². The van der Waals surface area contributed by atoms with Crippen molar-refractivity contribution >= 4 is 40.1 Å². The molecular weight excluding hydrogens is 479 g/mol. The number of amidine groups is 1. The zero-order valence-electron chi connectivity index (χ0n) is 19.4. The maximum atomic E-state index is 13.9. The molecule has 0 aliphatic carbocycles. The number of halogens is 1. The summed E-state index contributed by atoms with van der Waals surface area (Å²) in [4.78, 5) is 29.5. The number of carbonyl (C=O) groups excluding carboxylic acids is 2. The first-order valence-electron chi connectivity index (χ1n) is 11.4. The molecule has 2 unspecified atom stereocenters. The number of benzene rings is 3. The van der Waals surface area contributed by atoms with Gasteiger partial charge in [0.2, 0.25) is 5.91 Å². The van der Waals surface area contributed by atoms with Crippen LogP contribution in [0, 0.1) is 5.82 Å². The number of para-hydroxylation sites is 1. The van der Waals surface area contributed by atoms with E-state index in [-0.39, 0.29) is 18.2 Å². The van der Waals surface area contributed by atoms with E-state index in [0.717, 1.165) is 22.6 Å². The van der Waals surface area contributed by atoms with Crippen LogP contribution in [0.5, 0.6) is 5.75 Å². The van der Waals surface area contributed by atoms with Crippen molar-refractivity contribution in [2.75, 3.05) is 12.4 Å². The summed E-state index contributed by atoms with van der Waals surface area (Å²) in [5.41, 5.74) is 2.96. The fourth-order valence-corrected chi connectivity index (χ4v) is 5.18. The van der Waals surface area contributed by atoms with E-state index in [9.17, 15) is 14.0 Å². The van der Waals surface area contributed by atoms with E-state index < -0.39 is 22.9 Å². The number of hydrazone groups is 1. The number of thioether (sulfide) groups is 1. The molecule has 2 amide bonds. The average molecular weight is 503 g/mol. The molecule has 9 heteroatoms. The summed E-state index contributed by atoms with van der Waals surface area (Å²) in [5.74, 6) is -0.647. The number of hydrogen-bond acceptors (Lipinski definition) is 6. The summed E-state index contributed by atoms with van der Waals surface area (Å²) in [6, 6.07) is 23.3. The Morgan fingerprint density at radius 1 is 1.08 bits per heavy atom. The quantitative estimate of drug-likeness (QED) is 0.512. The van der Waals surface area contributed by atoms with Crippen molar-refractivity contribution < 1.29 is 18.7 Å². The number of methoxy groups -OCH3 is 1. The lowest BCUT2D eigenvalue weighted by atomic mass is 9.98. The summed E-state index contributed by atoms with van der Waals surface area (Å²) < 4.78 is 19.2. The van der Waals surface area contributed by atoms with Gasteiger partial charge in [0.15, 0.2) is 5.17 Å². The van der Waals surface area contributed by atoms with Gasteiger partial charge in [-0.1, -0.05) is 66.4 Å². The molecule has 0 spiro atoms. The number of amides is 2. The van der Waals surface area contributed by atoms with Gasteiger partial charge in [0.1, 0.15) is 16.8 Å². The second kappa shape index (κ2) is 10.3. The smallest absolute Gasteiger partial charge is 0.262 e. The highest BCUT2D eigenvalue weighted by atomic mass is 32.2. The molecule has 2 aliphatic rings. The molecule has 36 heavy (non-hydrogen) atoms. The highest BCUT2D eigenvalue weighted by Crippen LogP contribution is 2.39. The van der Waals surface area contributed by atoms with Crippen LogP contribution >= 0.6 is 11.8 Å². The van der Waals surface area contributed by atoms with Crippen LogP contribution in [0.4, 0.5) is 10.1 Å². The molecule has 0 saturated heterocycles. The Labute approximate surface area is 212 Å². The Morgan fingerprint density at radius 2 is 1.81 bits per heavy atom. The van der Waals surface area contributed by atoms with E-state index in [0.29, 0.717) is 11.6 Å². The third-order valence-corrected chi connectivity index (χ3v) is 7.10. The monoisotopic (exact) mass is 502 g/mol. The first kappa shape index (κ1) is 23.7. The van der Waals surface area contributed by atoms with Gasteiger partial charge in [0, 0.05) is 12.8 Å². The van der Waals surface area contributed by atoms with E-state index in [4.69, 9.17) is 9.84 Å². The Kier molecular flexibility index (Phi) is 6.81. The molecule has 0 saturated carbocycles. The van der Waals surface area contributed by atoms with E-state index in [1.165, 1.54) is 23.9 Å². The van der Waals surface area contributed by atoms with Crippen molar-refractivity contribution in [1.29, 1.82) is 0 Å². The van der Waals surface area contributed by atoms with Gasteiger partial charge in [-0.05, 0) is 35.4 Å². The molecule has 7 nitrogen and oxygen atoms in total. The molecule has 182 valence electrons. The molecular formula is C27H23FN4O3S. The third kappa shape index (κ3) is 5.01. The van der Waals surface area contributed by atoms with Gasteiger partial charge in [-0.15, -0.1) is 0 Å². The summed E-state index contributed by atoms with van der Waals surface area (Å²) in [7, 11) is 1.62. The van der Waals surface area contributed by atoms with E-state index >= 15 is 0 Å². The lowest BCUT2D eigenvalue weighted by Gasteiger charge is -2.23. The second-order valence-electron chi connectivity index (χ2n) is 8.32. The number of carbonyl (C=O) groups is 2. The third-order valence-electron chi connectivity index (χ3n) is 5.96. The fourth-order valence-electron chi connectivity index (χ4n) is 4.11. The average Bonchev–Trinajstić information content (AvgIpc) is 3.50. The molecule has 3 aromatic rings. The minimum absolute atomic E-state index is 0.0790. The Bertz CT molecular complexity index is 1340. The van der Waals surface area contributed by atoms with E-state index in [1.807, 2.05) is 54.6 Å². The number of hydrogen-bond donors (Lipinski definition) is 1. The normalized spacial score (nSPS) is 19.2. The Morgan fingerprint density at radius 3 is 2.53 bits per heavy atom. The van der Waals surface area contributed by atoms with Gasteiger partial charge in [-0.2, -0.15) is 10.1 Å². The van der Waals surface area contributed by atoms with Crippen molar-refractivity contribution in [3.8, 4) is 5.75 Å². The summed E-state index contributed by atoms with van der Waals surface area (Å²) in [6.07, 6.45) is 0.504. The van der Waals surface area contributed by atoms with Crippen molar-refractivity contribution in [2.45, 2.75) is 24.1 Å². The molecule has 3 aromatic carbocycles. The summed E-state index contributed by atoms with van der Waals surface area (Å²) in [6.45, 7) is 0. The van der Waals surface area contributed by atoms with Crippen molar-refractivity contribution in [3.05, 3.63) is 95.8 Å². The lowest BCUT2D eigenvalue weighted by molar-refractivity contribution is -0.121. The maximum absolute atomic E-state index is 13.9. The predicted octanol–water partition coefficient (Wildman–Crippen LogP) is 5.01. The fraction of sp³-hybridized carbons (Fsp3) is 0.185. The van der Waals surface area contributed by atoms with Crippen LogP contribution in [0.25, 0.3) is 0 Å². The number of nitrogens with one attached hydrogen (secondary N) is 1. The molecule has 2 atom stereocenters. The summed E-state index contributed by atoms with van der Waals surface area (Å²) in [5, 5.41) is 8.86. The SMILES string of the molecule is COc1ccc(C2CC(c3ccccc3)=NN2C2=NC(=O)C(CC(=O)Nc3ccccc3F)S2)cc1. The van der Waals surface area contributed by atoms with Crippen LogP contribution < -0.4 is 10.1 Å². The van der Waals surface area contributed by atoms with Crippen LogP contribution in [-0.2, 0) is 9.59 Å². The molecule has 2 aliphatic heterocycles. The largest absolute Gasteiger partial charge is 0.497 e. The van der Waals surface area contributed by atoms with Crippen LogP contribution in [-0.4, -0.2) is 40.1 Å². The van der Waals surface area contributed by atoms with Gasteiger partial charge < -0.3 is 10.1 Å². The first-order chi connectivity index (χ1) is 17.5. The zero-order valence-corrected chi connectivity index (χ0v) is 20.2. The molecule has 0 aromatic heterocycles. The molecule has 2 heterocycles. The van der Waals surface area contributed by atoms with Gasteiger partial charge >= 0.3 is 0 Å². The van der Waals surface area contributed by atoms with Crippen LogP contribution in [0.1, 0.15) is 30.0 Å². The highest BCUT2D eigenvalue weighted by molar-refractivity contribution is 8.15. The lowest BCUT2D eigenvalue weighted by Crippen LogP contribution is -2.25. The topological polar surface area (TPSA) is 83.4 Å². The minimum atomic E-state index is -0.709.